The number of benzene rings is 2. The summed E-state index contributed by atoms with van der Waals surface area (Å²) < 4.78 is 27.3. The minimum absolute atomic E-state index is 0.0396. The summed E-state index contributed by atoms with van der Waals surface area (Å²) >= 11 is 5.15. The van der Waals surface area contributed by atoms with E-state index in [0.29, 0.717) is 0 Å². The van der Waals surface area contributed by atoms with Crippen LogP contribution >= 0.6 is 27.7 Å². The van der Waals surface area contributed by atoms with Crippen LogP contribution in [0.25, 0.3) is 0 Å². The molecular weight excluding hydrogens is 344 g/mol. The van der Waals surface area contributed by atoms with Crippen molar-refractivity contribution in [3.8, 4) is 0 Å². The average molecular weight is 358 g/mol. The largest absolute Gasteiger partial charge is 0.312 e. The van der Waals surface area contributed by atoms with Crippen LogP contribution in [0.15, 0.2) is 51.8 Å². The van der Waals surface area contributed by atoms with Crippen molar-refractivity contribution >= 4 is 27.7 Å². The van der Waals surface area contributed by atoms with Crippen molar-refractivity contribution in [2.45, 2.75) is 10.9 Å². The van der Waals surface area contributed by atoms with Gasteiger partial charge in [-0.1, -0.05) is 18.2 Å². The molecular formula is C15H14BrF2NS. The molecule has 2 rings (SSSR count). The third-order valence-corrected chi connectivity index (χ3v) is 5.06. The lowest BCUT2D eigenvalue weighted by molar-refractivity contribution is 0.504. The summed E-state index contributed by atoms with van der Waals surface area (Å²) in [5.74, 6) is -0.903. The molecule has 5 heteroatoms. The Balaban J connectivity index is 2.09. The van der Waals surface area contributed by atoms with Crippen molar-refractivity contribution in [3.05, 3.63) is 64.1 Å². The van der Waals surface area contributed by atoms with Crippen LogP contribution in [-0.4, -0.2) is 12.8 Å². The van der Waals surface area contributed by atoms with E-state index in [1.165, 1.54) is 6.07 Å². The maximum absolute atomic E-state index is 13.3. The predicted octanol–water partition coefficient (Wildman–Crippen LogP) is 4.78. The molecule has 0 heterocycles. The SMILES string of the molecule is CNC(CSc1ccccc1Br)c1ccc(F)c(F)c1. The van der Waals surface area contributed by atoms with E-state index < -0.39 is 11.6 Å². The minimum atomic E-state index is -0.818. The fourth-order valence-electron chi connectivity index (χ4n) is 1.81. The van der Waals surface area contributed by atoms with Gasteiger partial charge in [-0.25, -0.2) is 8.78 Å². The molecule has 0 saturated heterocycles. The summed E-state index contributed by atoms with van der Waals surface area (Å²) in [4.78, 5) is 1.12. The normalized spacial score (nSPS) is 12.4. The van der Waals surface area contributed by atoms with Crippen molar-refractivity contribution in [1.29, 1.82) is 0 Å². The number of hydrogen-bond donors (Lipinski definition) is 1. The van der Waals surface area contributed by atoms with E-state index in [0.717, 1.165) is 26.8 Å². The quantitative estimate of drug-likeness (QED) is 0.772. The molecule has 0 aliphatic carbocycles. The molecule has 0 bridgehead atoms. The van der Waals surface area contributed by atoms with Crippen LogP contribution in [-0.2, 0) is 0 Å². The van der Waals surface area contributed by atoms with Crippen LogP contribution in [0, 0.1) is 11.6 Å². The fraction of sp³-hybridized carbons (Fsp3) is 0.200. The molecule has 0 spiro atoms. The van der Waals surface area contributed by atoms with Gasteiger partial charge in [-0.2, -0.15) is 0 Å². The number of hydrogen-bond acceptors (Lipinski definition) is 2. The average Bonchev–Trinajstić information content (AvgIpc) is 2.45. The summed E-state index contributed by atoms with van der Waals surface area (Å²) in [6.07, 6.45) is 0. The molecule has 2 aromatic carbocycles. The van der Waals surface area contributed by atoms with Gasteiger partial charge in [0.05, 0.1) is 0 Å². The highest BCUT2D eigenvalue weighted by atomic mass is 79.9. The van der Waals surface area contributed by atoms with Gasteiger partial charge in [-0.3, -0.25) is 0 Å². The first kappa shape index (κ1) is 15.5. The topological polar surface area (TPSA) is 12.0 Å². The zero-order valence-electron chi connectivity index (χ0n) is 10.9. The highest BCUT2D eigenvalue weighted by Gasteiger charge is 2.13. The molecule has 20 heavy (non-hydrogen) atoms. The standard InChI is InChI=1S/C15H14BrF2NS/c1-19-14(10-6-7-12(17)13(18)8-10)9-20-15-5-3-2-4-11(15)16/h2-8,14,19H,9H2,1H3. The first-order chi connectivity index (χ1) is 9.61. The Morgan fingerprint density at radius 1 is 1.15 bits per heavy atom. The second-order valence-corrected chi connectivity index (χ2v) is 6.17. The van der Waals surface area contributed by atoms with Gasteiger partial charge in [0.15, 0.2) is 11.6 Å². The third-order valence-electron chi connectivity index (χ3n) is 2.94. The van der Waals surface area contributed by atoms with Gasteiger partial charge >= 0.3 is 0 Å². The van der Waals surface area contributed by atoms with Crippen LogP contribution in [0.4, 0.5) is 8.78 Å². The van der Waals surface area contributed by atoms with E-state index >= 15 is 0 Å². The van der Waals surface area contributed by atoms with E-state index in [9.17, 15) is 8.78 Å². The summed E-state index contributed by atoms with van der Waals surface area (Å²) in [6.45, 7) is 0. The van der Waals surface area contributed by atoms with Crippen LogP contribution in [0.5, 0.6) is 0 Å². The summed E-state index contributed by atoms with van der Waals surface area (Å²) in [5, 5.41) is 3.13. The van der Waals surface area contributed by atoms with Gasteiger partial charge in [0.1, 0.15) is 0 Å². The second-order valence-electron chi connectivity index (χ2n) is 4.26. The molecule has 0 aliphatic heterocycles. The van der Waals surface area contributed by atoms with Gasteiger partial charge in [0, 0.05) is 21.2 Å². The highest BCUT2D eigenvalue weighted by Crippen LogP contribution is 2.30. The molecule has 1 atom stereocenters. The molecule has 1 N–H and O–H groups in total. The molecule has 1 unspecified atom stereocenters. The lowest BCUT2D eigenvalue weighted by atomic mass is 10.1. The lowest BCUT2D eigenvalue weighted by Crippen LogP contribution is -2.19. The fourth-order valence-corrected chi connectivity index (χ4v) is 3.52. The van der Waals surface area contributed by atoms with Crippen molar-refractivity contribution in [2.75, 3.05) is 12.8 Å². The lowest BCUT2D eigenvalue weighted by Gasteiger charge is -2.17. The molecule has 0 fully saturated rings. The Hall–Kier alpha value is -0.910. The van der Waals surface area contributed by atoms with Gasteiger partial charge in [0.25, 0.3) is 0 Å². The maximum Gasteiger partial charge on any atom is 0.159 e. The molecule has 0 saturated carbocycles. The van der Waals surface area contributed by atoms with Crippen LogP contribution in [0.1, 0.15) is 11.6 Å². The van der Waals surface area contributed by atoms with E-state index in [1.54, 1.807) is 17.8 Å². The molecule has 0 aromatic heterocycles. The van der Waals surface area contributed by atoms with Crippen molar-refractivity contribution in [3.63, 3.8) is 0 Å². The van der Waals surface area contributed by atoms with Crippen molar-refractivity contribution < 1.29 is 8.78 Å². The summed E-state index contributed by atoms with van der Waals surface area (Å²) in [6, 6.07) is 11.9. The molecule has 106 valence electrons. The molecule has 0 amide bonds. The number of thioether (sulfide) groups is 1. The first-order valence-corrected chi connectivity index (χ1v) is 7.89. The number of rotatable bonds is 5. The second kappa shape index (κ2) is 7.20. The number of halogens is 3. The molecule has 0 aliphatic rings. The van der Waals surface area contributed by atoms with Gasteiger partial charge in [-0.15, -0.1) is 11.8 Å². The zero-order valence-corrected chi connectivity index (χ0v) is 13.3. The van der Waals surface area contributed by atoms with Gasteiger partial charge < -0.3 is 5.32 Å². The molecule has 0 radical (unpaired) electrons. The highest BCUT2D eigenvalue weighted by molar-refractivity contribution is 9.10. The van der Waals surface area contributed by atoms with E-state index in [-0.39, 0.29) is 6.04 Å². The Labute approximate surface area is 129 Å². The Bertz CT molecular complexity index is 592. The van der Waals surface area contributed by atoms with E-state index in [2.05, 4.69) is 21.2 Å². The van der Waals surface area contributed by atoms with E-state index in [1.807, 2.05) is 31.3 Å². The monoisotopic (exact) mass is 357 g/mol. The van der Waals surface area contributed by atoms with Crippen LogP contribution in [0.2, 0.25) is 0 Å². The molecule has 1 nitrogen and oxygen atoms in total. The minimum Gasteiger partial charge on any atom is -0.312 e. The number of nitrogens with one attached hydrogen (secondary N) is 1. The van der Waals surface area contributed by atoms with Crippen LogP contribution in [0.3, 0.4) is 0 Å². The maximum atomic E-state index is 13.3. The van der Waals surface area contributed by atoms with Gasteiger partial charge in [0.2, 0.25) is 0 Å². The van der Waals surface area contributed by atoms with Crippen molar-refractivity contribution in [1.82, 2.24) is 5.32 Å². The smallest absolute Gasteiger partial charge is 0.159 e. The summed E-state index contributed by atoms with van der Waals surface area (Å²) in [5.41, 5.74) is 0.742. The van der Waals surface area contributed by atoms with Crippen LogP contribution < -0.4 is 5.32 Å². The Morgan fingerprint density at radius 3 is 2.55 bits per heavy atom. The Kier molecular flexibility index (Phi) is 5.57. The predicted molar refractivity (Wildman–Crippen MR) is 83.0 cm³/mol. The van der Waals surface area contributed by atoms with E-state index in [4.69, 9.17) is 0 Å². The van der Waals surface area contributed by atoms with Crippen molar-refractivity contribution in [2.24, 2.45) is 0 Å². The summed E-state index contributed by atoms with van der Waals surface area (Å²) in [7, 11) is 1.81. The first-order valence-electron chi connectivity index (χ1n) is 6.11. The third kappa shape index (κ3) is 3.81. The molecule has 2 aromatic rings. The van der Waals surface area contributed by atoms with Gasteiger partial charge in [-0.05, 0) is 52.8 Å². The zero-order chi connectivity index (χ0) is 14.5. The Morgan fingerprint density at radius 2 is 1.90 bits per heavy atom.